The Kier molecular flexibility index (Phi) is 8.04. The highest BCUT2D eigenvalue weighted by atomic mass is 16.6. The maximum Gasteiger partial charge on any atom is 0.338 e. The third kappa shape index (κ3) is 5.83. The molecule has 0 unspecified atom stereocenters. The van der Waals surface area contributed by atoms with E-state index in [-0.39, 0.29) is 13.0 Å². The van der Waals surface area contributed by atoms with Gasteiger partial charge < -0.3 is 14.2 Å². The van der Waals surface area contributed by atoms with Gasteiger partial charge in [0.2, 0.25) is 0 Å². The smallest absolute Gasteiger partial charge is 0.338 e. The summed E-state index contributed by atoms with van der Waals surface area (Å²) in [5.74, 6) is -0.427. The van der Waals surface area contributed by atoms with Crippen molar-refractivity contribution in [2.45, 2.75) is 13.3 Å². The second-order valence-corrected chi connectivity index (χ2v) is 3.94. The molecule has 1 aromatic carbocycles. The lowest BCUT2D eigenvalue weighted by Crippen LogP contribution is -2.14. The first-order chi connectivity index (χ1) is 9.79. The van der Waals surface area contributed by atoms with E-state index in [1.54, 1.807) is 24.3 Å². The van der Waals surface area contributed by atoms with E-state index in [0.29, 0.717) is 37.6 Å². The van der Waals surface area contributed by atoms with Crippen LogP contribution in [0.4, 0.5) is 0 Å². The molecule has 1 rings (SSSR count). The molecule has 20 heavy (non-hydrogen) atoms. The standard InChI is InChI=1S/C15H19NO4/c1-2-18-9-10-19-11-12-20-15(17)14-6-4-3-5-13(14)7-8-16/h3-6H,2,7,9-12H2,1H3. The van der Waals surface area contributed by atoms with Crippen LogP contribution in [0.3, 0.4) is 0 Å². The number of hydrogen-bond donors (Lipinski definition) is 0. The summed E-state index contributed by atoms with van der Waals surface area (Å²) in [5.41, 5.74) is 1.11. The molecule has 108 valence electrons. The first kappa shape index (κ1) is 16.2. The van der Waals surface area contributed by atoms with Gasteiger partial charge >= 0.3 is 5.97 Å². The molecule has 0 aromatic heterocycles. The van der Waals surface area contributed by atoms with E-state index in [1.165, 1.54) is 0 Å². The van der Waals surface area contributed by atoms with Crippen molar-refractivity contribution in [3.63, 3.8) is 0 Å². The summed E-state index contributed by atoms with van der Waals surface area (Å²) in [5, 5.41) is 8.71. The first-order valence-electron chi connectivity index (χ1n) is 6.57. The lowest BCUT2D eigenvalue weighted by atomic mass is 10.1. The highest BCUT2D eigenvalue weighted by Crippen LogP contribution is 2.10. The SMILES string of the molecule is CCOCCOCCOC(=O)c1ccccc1CC#N. The Hall–Kier alpha value is -1.90. The van der Waals surface area contributed by atoms with Gasteiger partial charge in [-0.1, -0.05) is 18.2 Å². The summed E-state index contributed by atoms with van der Waals surface area (Å²) in [7, 11) is 0. The second-order valence-electron chi connectivity index (χ2n) is 3.94. The summed E-state index contributed by atoms with van der Waals surface area (Å²) in [6.45, 7) is 4.12. The largest absolute Gasteiger partial charge is 0.460 e. The average molecular weight is 277 g/mol. The van der Waals surface area contributed by atoms with Crippen LogP contribution in [0.15, 0.2) is 24.3 Å². The van der Waals surface area contributed by atoms with E-state index >= 15 is 0 Å². The second kappa shape index (κ2) is 9.96. The van der Waals surface area contributed by atoms with E-state index in [4.69, 9.17) is 19.5 Å². The molecule has 0 heterocycles. The van der Waals surface area contributed by atoms with Crippen LogP contribution in [0, 0.1) is 11.3 Å². The number of carbonyl (C=O) groups is 1. The molecule has 0 fully saturated rings. The highest BCUT2D eigenvalue weighted by molar-refractivity contribution is 5.91. The molecule has 1 aromatic rings. The Labute approximate surface area is 119 Å². The Morgan fingerprint density at radius 3 is 2.60 bits per heavy atom. The Bertz CT molecular complexity index is 453. The van der Waals surface area contributed by atoms with Crippen LogP contribution in [0.2, 0.25) is 0 Å². The Balaban J connectivity index is 2.31. The Morgan fingerprint density at radius 1 is 1.15 bits per heavy atom. The van der Waals surface area contributed by atoms with Crippen LogP contribution in [0.1, 0.15) is 22.8 Å². The third-order valence-electron chi connectivity index (χ3n) is 2.54. The highest BCUT2D eigenvalue weighted by Gasteiger charge is 2.11. The fourth-order valence-electron chi connectivity index (χ4n) is 1.59. The molecule has 0 spiro atoms. The zero-order valence-corrected chi connectivity index (χ0v) is 11.6. The Morgan fingerprint density at radius 2 is 1.85 bits per heavy atom. The van der Waals surface area contributed by atoms with Gasteiger partial charge in [-0.25, -0.2) is 4.79 Å². The minimum Gasteiger partial charge on any atom is -0.460 e. The van der Waals surface area contributed by atoms with E-state index < -0.39 is 5.97 Å². The molecule has 0 amide bonds. The van der Waals surface area contributed by atoms with Gasteiger partial charge in [0, 0.05) is 6.61 Å². The van der Waals surface area contributed by atoms with Gasteiger partial charge in [-0.3, -0.25) is 0 Å². The van der Waals surface area contributed by atoms with Crippen molar-refractivity contribution in [2.24, 2.45) is 0 Å². The molecule has 0 N–H and O–H groups in total. The van der Waals surface area contributed by atoms with Gasteiger partial charge in [-0.15, -0.1) is 0 Å². The van der Waals surface area contributed by atoms with Crippen molar-refractivity contribution in [3.8, 4) is 6.07 Å². The van der Waals surface area contributed by atoms with Crippen LogP contribution in [-0.4, -0.2) is 39.0 Å². The first-order valence-corrected chi connectivity index (χ1v) is 6.57. The van der Waals surface area contributed by atoms with Crippen molar-refractivity contribution >= 4 is 5.97 Å². The summed E-state index contributed by atoms with van der Waals surface area (Å²) in [6.07, 6.45) is 0.191. The maximum atomic E-state index is 11.9. The number of carbonyl (C=O) groups excluding carboxylic acids is 1. The molecule has 5 nitrogen and oxygen atoms in total. The molecule has 0 aliphatic carbocycles. The van der Waals surface area contributed by atoms with Gasteiger partial charge in [0.1, 0.15) is 6.61 Å². The number of nitrogens with zero attached hydrogens (tertiary/aromatic N) is 1. The summed E-state index contributed by atoms with van der Waals surface area (Å²) in [6, 6.07) is 8.97. The van der Waals surface area contributed by atoms with Crippen LogP contribution in [-0.2, 0) is 20.6 Å². The molecule has 0 atom stereocenters. The van der Waals surface area contributed by atoms with Crippen molar-refractivity contribution < 1.29 is 19.0 Å². The van der Waals surface area contributed by atoms with E-state index in [0.717, 1.165) is 0 Å². The van der Waals surface area contributed by atoms with Crippen molar-refractivity contribution in [1.29, 1.82) is 5.26 Å². The van der Waals surface area contributed by atoms with Gasteiger partial charge in [-0.2, -0.15) is 5.26 Å². The fraction of sp³-hybridized carbons (Fsp3) is 0.467. The molecule has 0 radical (unpaired) electrons. The van der Waals surface area contributed by atoms with E-state index in [9.17, 15) is 4.79 Å². The molecule has 5 heteroatoms. The number of esters is 1. The minimum absolute atomic E-state index is 0.186. The topological polar surface area (TPSA) is 68.6 Å². The zero-order valence-electron chi connectivity index (χ0n) is 11.6. The third-order valence-corrected chi connectivity index (χ3v) is 2.54. The quantitative estimate of drug-likeness (QED) is 0.510. The van der Waals surface area contributed by atoms with Crippen molar-refractivity contribution in [1.82, 2.24) is 0 Å². The summed E-state index contributed by atoms with van der Waals surface area (Å²) in [4.78, 5) is 11.9. The number of benzene rings is 1. The maximum absolute atomic E-state index is 11.9. The molecular formula is C15H19NO4. The van der Waals surface area contributed by atoms with E-state index in [1.807, 2.05) is 13.0 Å². The molecular weight excluding hydrogens is 258 g/mol. The summed E-state index contributed by atoms with van der Waals surface area (Å²) >= 11 is 0. The molecule has 0 aliphatic heterocycles. The number of rotatable bonds is 9. The lowest BCUT2D eigenvalue weighted by Gasteiger charge is -2.08. The zero-order chi connectivity index (χ0) is 14.6. The number of ether oxygens (including phenoxy) is 3. The van der Waals surface area contributed by atoms with E-state index in [2.05, 4.69) is 0 Å². The van der Waals surface area contributed by atoms with Crippen LogP contribution in [0.25, 0.3) is 0 Å². The van der Waals surface area contributed by atoms with Gasteiger partial charge in [0.05, 0.1) is 37.9 Å². The van der Waals surface area contributed by atoms with Crippen molar-refractivity contribution in [2.75, 3.05) is 33.0 Å². The predicted octanol–water partition coefficient (Wildman–Crippen LogP) is 1.96. The monoisotopic (exact) mass is 277 g/mol. The fourth-order valence-corrected chi connectivity index (χ4v) is 1.59. The molecule has 0 aliphatic rings. The molecule has 0 bridgehead atoms. The average Bonchev–Trinajstić information content (AvgIpc) is 2.47. The van der Waals surface area contributed by atoms with Gasteiger partial charge in [0.15, 0.2) is 0 Å². The number of hydrogen-bond acceptors (Lipinski definition) is 5. The summed E-state index contributed by atoms with van der Waals surface area (Å²) < 4.78 is 15.5. The normalized spacial score (nSPS) is 10.0. The van der Waals surface area contributed by atoms with Gasteiger partial charge in [0.25, 0.3) is 0 Å². The molecule has 0 saturated heterocycles. The van der Waals surface area contributed by atoms with Gasteiger partial charge in [-0.05, 0) is 18.6 Å². The predicted molar refractivity (Wildman–Crippen MR) is 73.4 cm³/mol. The van der Waals surface area contributed by atoms with Crippen molar-refractivity contribution in [3.05, 3.63) is 35.4 Å². The van der Waals surface area contributed by atoms with Crippen LogP contribution < -0.4 is 0 Å². The van der Waals surface area contributed by atoms with Crippen LogP contribution in [0.5, 0.6) is 0 Å². The number of nitriles is 1. The minimum atomic E-state index is -0.427. The molecule has 0 saturated carbocycles. The van der Waals surface area contributed by atoms with Crippen LogP contribution >= 0.6 is 0 Å². The lowest BCUT2D eigenvalue weighted by molar-refractivity contribution is 0.0163.